The van der Waals surface area contributed by atoms with E-state index >= 15 is 0 Å². The predicted molar refractivity (Wildman–Crippen MR) is 87.1 cm³/mol. The lowest BCUT2D eigenvalue weighted by molar-refractivity contribution is -0.137. The summed E-state index contributed by atoms with van der Waals surface area (Å²) in [5, 5.41) is 9.40. The van der Waals surface area contributed by atoms with E-state index in [1.807, 2.05) is 26.8 Å². The zero-order valence-corrected chi connectivity index (χ0v) is 14.1. The van der Waals surface area contributed by atoms with Gasteiger partial charge < -0.3 is 4.74 Å². The molecule has 0 aromatic heterocycles. The van der Waals surface area contributed by atoms with E-state index in [1.165, 1.54) is 0 Å². The summed E-state index contributed by atoms with van der Waals surface area (Å²) in [4.78, 5) is 0. The zero-order valence-electron chi connectivity index (χ0n) is 13.3. The molecule has 2 N–H and O–H groups in total. The van der Waals surface area contributed by atoms with Gasteiger partial charge in [0.1, 0.15) is 11.4 Å². The minimum atomic E-state index is -4.52. The highest BCUT2D eigenvalue weighted by molar-refractivity contribution is 6.32. The molecular weight excluding hydrogens is 343 g/mol. The van der Waals surface area contributed by atoms with Crippen LogP contribution >= 0.6 is 11.6 Å². The van der Waals surface area contributed by atoms with Gasteiger partial charge in [-0.2, -0.15) is 13.2 Å². The van der Waals surface area contributed by atoms with E-state index in [0.29, 0.717) is 5.02 Å². The summed E-state index contributed by atoms with van der Waals surface area (Å²) in [6.45, 7) is 6.09. The first-order valence-electron chi connectivity index (χ1n) is 7.11. The van der Waals surface area contributed by atoms with E-state index in [0.717, 1.165) is 23.8 Å². The molecule has 0 aliphatic heterocycles. The first-order valence-corrected chi connectivity index (χ1v) is 7.49. The molecule has 0 saturated heterocycles. The molecule has 2 rings (SSSR count). The fraction of sp³-hybridized carbons (Fsp3) is 0.294. The molecule has 0 saturated carbocycles. The zero-order chi connectivity index (χ0) is 18.1. The molecule has 0 aliphatic carbocycles. The van der Waals surface area contributed by atoms with Crippen molar-refractivity contribution in [2.45, 2.75) is 32.4 Å². The van der Waals surface area contributed by atoms with Crippen LogP contribution in [0, 0.1) is 0 Å². The van der Waals surface area contributed by atoms with Crippen LogP contribution in [0.2, 0.25) is 5.02 Å². The van der Waals surface area contributed by atoms with Crippen molar-refractivity contribution in [3.63, 3.8) is 0 Å². The summed E-state index contributed by atoms with van der Waals surface area (Å²) in [6, 6.07) is 7.96. The summed E-state index contributed by atoms with van der Waals surface area (Å²) in [5.41, 5.74) is 1.50. The van der Waals surface area contributed by atoms with E-state index in [-0.39, 0.29) is 22.6 Å². The summed E-state index contributed by atoms with van der Waals surface area (Å²) >= 11 is 6.20. The second-order valence-electron chi connectivity index (χ2n) is 6.32. The molecule has 0 bridgehead atoms. The van der Waals surface area contributed by atoms with Crippen molar-refractivity contribution in [2.75, 3.05) is 5.48 Å². The van der Waals surface area contributed by atoms with Gasteiger partial charge in [0.2, 0.25) is 0 Å². The maximum Gasteiger partial charge on any atom is 0.416 e. The highest BCUT2D eigenvalue weighted by atomic mass is 35.5. The lowest BCUT2D eigenvalue weighted by atomic mass is 9.87. The molecule has 2 aromatic carbocycles. The van der Waals surface area contributed by atoms with E-state index in [1.54, 1.807) is 17.6 Å². The minimum Gasteiger partial charge on any atom is -0.454 e. The fourth-order valence-corrected chi connectivity index (χ4v) is 2.27. The summed E-state index contributed by atoms with van der Waals surface area (Å²) in [6.07, 6.45) is -4.52. The number of hydrogen-bond acceptors (Lipinski definition) is 3. The molecule has 0 heterocycles. The highest BCUT2D eigenvalue weighted by Crippen LogP contribution is 2.39. The Balaban J connectivity index is 2.35. The lowest BCUT2D eigenvalue weighted by Gasteiger charge is -2.20. The first-order chi connectivity index (χ1) is 11.0. The molecular formula is C17H17ClF3NO2. The van der Waals surface area contributed by atoms with Gasteiger partial charge in [0.15, 0.2) is 5.75 Å². The smallest absolute Gasteiger partial charge is 0.416 e. The fourth-order valence-electron chi connectivity index (χ4n) is 2.05. The predicted octanol–water partition coefficient (Wildman–Crippen LogP) is 6.25. The third-order valence-corrected chi connectivity index (χ3v) is 3.74. The van der Waals surface area contributed by atoms with Gasteiger partial charge in [-0.05, 0) is 41.3 Å². The standard InChI is InChI=1S/C17H17ClF3NO2/c1-16(2,3)10-4-6-14(12(18)8-10)24-15-7-5-11(17(19,20)21)9-13(15)22-23/h4-9,22-23H,1-3H3. The van der Waals surface area contributed by atoms with Gasteiger partial charge in [0, 0.05) is 0 Å². The SMILES string of the molecule is CC(C)(C)c1ccc(Oc2ccc(C(F)(F)F)cc2NO)c(Cl)c1. The number of rotatable bonds is 3. The van der Waals surface area contributed by atoms with Crippen molar-refractivity contribution in [3.05, 3.63) is 52.5 Å². The minimum absolute atomic E-state index is 0.0240. The van der Waals surface area contributed by atoms with E-state index in [2.05, 4.69) is 0 Å². The topological polar surface area (TPSA) is 41.5 Å². The summed E-state index contributed by atoms with van der Waals surface area (Å²) in [7, 11) is 0. The Morgan fingerprint density at radius 3 is 2.04 bits per heavy atom. The third kappa shape index (κ3) is 4.13. The molecule has 0 radical (unpaired) electrons. The number of ether oxygens (including phenoxy) is 1. The number of hydrogen-bond donors (Lipinski definition) is 2. The van der Waals surface area contributed by atoms with Crippen LogP contribution in [0.4, 0.5) is 18.9 Å². The summed E-state index contributed by atoms with van der Waals surface area (Å²) < 4.78 is 43.7. The van der Waals surface area contributed by atoms with E-state index < -0.39 is 11.7 Å². The molecule has 0 amide bonds. The maximum absolute atomic E-state index is 12.7. The Morgan fingerprint density at radius 2 is 1.54 bits per heavy atom. The number of alkyl halides is 3. The maximum atomic E-state index is 12.7. The average molecular weight is 360 g/mol. The van der Waals surface area contributed by atoms with E-state index in [9.17, 15) is 13.2 Å². The Hall–Kier alpha value is -1.92. The Morgan fingerprint density at radius 1 is 0.958 bits per heavy atom. The molecule has 7 heteroatoms. The van der Waals surface area contributed by atoms with Gasteiger partial charge in [-0.15, -0.1) is 0 Å². The number of nitrogens with one attached hydrogen (secondary N) is 1. The molecule has 0 unspecified atom stereocenters. The van der Waals surface area contributed by atoms with E-state index in [4.69, 9.17) is 21.5 Å². The van der Waals surface area contributed by atoms with Crippen LogP contribution in [0.15, 0.2) is 36.4 Å². The molecule has 3 nitrogen and oxygen atoms in total. The Labute approximate surface area is 143 Å². The monoisotopic (exact) mass is 359 g/mol. The average Bonchev–Trinajstić information content (AvgIpc) is 2.47. The number of halogens is 4. The van der Waals surface area contributed by atoms with Crippen molar-refractivity contribution in [2.24, 2.45) is 0 Å². The largest absolute Gasteiger partial charge is 0.454 e. The molecule has 0 fully saturated rings. The highest BCUT2D eigenvalue weighted by Gasteiger charge is 2.31. The van der Waals surface area contributed by atoms with Crippen molar-refractivity contribution in [1.29, 1.82) is 0 Å². The van der Waals surface area contributed by atoms with Crippen LogP contribution in [0.25, 0.3) is 0 Å². The van der Waals surface area contributed by atoms with Crippen molar-refractivity contribution in [3.8, 4) is 11.5 Å². The van der Waals surface area contributed by atoms with Gasteiger partial charge in [-0.25, -0.2) is 0 Å². The van der Waals surface area contributed by atoms with Crippen molar-refractivity contribution >= 4 is 17.3 Å². The van der Waals surface area contributed by atoms with Crippen LogP contribution in [0.5, 0.6) is 11.5 Å². The van der Waals surface area contributed by atoms with Crippen LogP contribution in [0.3, 0.4) is 0 Å². The van der Waals surface area contributed by atoms with Crippen LogP contribution < -0.4 is 10.2 Å². The molecule has 24 heavy (non-hydrogen) atoms. The molecule has 0 spiro atoms. The first kappa shape index (κ1) is 18.4. The van der Waals surface area contributed by atoms with Crippen LogP contribution in [0.1, 0.15) is 31.9 Å². The van der Waals surface area contributed by atoms with Crippen molar-refractivity contribution < 1.29 is 23.1 Å². The van der Waals surface area contributed by atoms with Gasteiger partial charge in [-0.3, -0.25) is 10.7 Å². The second kappa shape index (κ2) is 6.53. The van der Waals surface area contributed by atoms with Crippen LogP contribution in [-0.4, -0.2) is 5.21 Å². The lowest BCUT2D eigenvalue weighted by Crippen LogP contribution is -2.10. The van der Waals surface area contributed by atoms with Crippen molar-refractivity contribution in [1.82, 2.24) is 0 Å². The van der Waals surface area contributed by atoms with Gasteiger partial charge >= 0.3 is 6.18 Å². The number of benzene rings is 2. The van der Waals surface area contributed by atoms with Gasteiger partial charge in [0.05, 0.1) is 10.6 Å². The quantitative estimate of drug-likeness (QED) is 0.636. The van der Waals surface area contributed by atoms with Gasteiger partial charge in [-0.1, -0.05) is 38.4 Å². The van der Waals surface area contributed by atoms with Gasteiger partial charge in [0.25, 0.3) is 0 Å². The third-order valence-electron chi connectivity index (χ3n) is 3.45. The normalized spacial score (nSPS) is 12.2. The second-order valence-corrected chi connectivity index (χ2v) is 6.72. The summed E-state index contributed by atoms with van der Waals surface area (Å²) in [5.74, 6) is 0.303. The molecule has 0 aliphatic rings. The Kier molecular flexibility index (Phi) is 5.01. The Bertz CT molecular complexity index is 740. The molecule has 2 aromatic rings. The number of anilines is 1. The molecule has 130 valence electrons. The van der Waals surface area contributed by atoms with Crippen LogP contribution in [-0.2, 0) is 11.6 Å². The molecule has 0 atom stereocenters.